The van der Waals surface area contributed by atoms with Gasteiger partial charge in [-0.1, -0.05) is 6.92 Å². The molecule has 2 N–H and O–H groups in total. The van der Waals surface area contributed by atoms with Crippen LogP contribution in [0.1, 0.15) is 30.1 Å². The maximum atomic E-state index is 12.5. The summed E-state index contributed by atoms with van der Waals surface area (Å²) < 4.78 is 31.3. The number of rotatable bonds is 7. The van der Waals surface area contributed by atoms with Crippen LogP contribution in [0.4, 0.5) is 0 Å². The Morgan fingerprint density at radius 3 is 2.79 bits per heavy atom. The van der Waals surface area contributed by atoms with E-state index in [1.54, 1.807) is 0 Å². The van der Waals surface area contributed by atoms with Gasteiger partial charge in [-0.25, -0.2) is 13.1 Å². The van der Waals surface area contributed by atoms with Crippen molar-refractivity contribution < 1.29 is 17.9 Å². The molecule has 8 heteroatoms. The van der Waals surface area contributed by atoms with Crippen molar-refractivity contribution in [2.24, 2.45) is 0 Å². The predicted molar refractivity (Wildman–Crippen MR) is 91.8 cm³/mol. The molecule has 1 fully saturated rings. The number of carbonyl (C=O) groups is 1. The van der Waals surface area contributed by atoms with Crippen molar-refractivity contribution in [2.45, 2.75) is 30.7 Å². The molecule has 1 unspecified atom stereocenters. The molecule has 0 aliphatic carbocycles. The van der Waals surface area contributed by atoms with Gasteiger partial charge in [-0.3, -0.25) is 9.69 Å². The Kier molecular flexibility index (Phi) is 6.20. The Morgan fingerprint density at radius 2 is 2.17 bits per heavy atom. The number of nitrogens with one attached hydrogen (secondary N) is 2. The van der Waals surface area contributed by atoms with Crippen molar-refractivity contribution in [3.8, 4) is 5.75 Å². The van der Waals surface area contributed by atoms with Crippen LogP contribution >= 0.6 is 0 Å². The second-order valence-electron chi connectivity index (χ2n) is 5.70. The predicted octanol–water partition coefficient (Wildman–Crippen LogP) is 0.817. The van der Waals surface area contributed by atoms with Crippen molar-refractivity contribution in [2.75, 3.05) is 33.8 Å². The van der Waals surface area contributed by atoms with Gasteiger partial charge in [-0.2, -0.15) is 0 Å². The van der Waals surface area contributed by atoms with Gasteiger partial charge in [0.1, 0.15) is 5.75 Å². The van der Waals surface area contributed by atoms with E-state index in [9.17, 15) is 13.2 Å². The van der Waals surface area contributed by atoms with E-state index in [1.807, 2.05) is 0 Å². The van der Waals surface area contributed by atoms with Crippen molar-refractivity contribution in [3.05, 3.63) is 23.8 Å². The molecule has 0 bridgehead atoms. The zero-order chi connectivity index (χ0) is 17.7. The highest BCUT2D eigenvalue weighted by atomic mass is 32.2. The first kappa shape index (κ1) is 18.7. The van der Waals surface area contributed by atoms with Crippen molar-refractivity contribution in [3.63, 3.8) is 0 Å². The maximum Gasteiger partial charge on any atom is 0.255 e. The number of carbonyl (C=O) groups excluding carboxylic acids is 1. The minimum atomic E-state index is -3.62. The third-order valence-corrected chi connectivity index (χ3v) is 5.81. The summed E-state index contributed by atoms with van der Waals surface area (Å²) in [4.78, 5) is 14.9. The molecule has 1 atom stereocenters. The number of hydrogen-bond acceptors (Lipinski definition) is 5. The van der Waals surface area contributed by atoms with E-state index in [2.05, 4.69) is 21.9 Å². The van der Waals surface area contributed by atoms with Crippen molar-refractivity contribution in [1.82, 2.24) is 14.9 Å². The van der Waals surface area contributed by atoms with Crippen LogP contribution in [-0.2, 0) is 10.0 Å². The fourth-order valence-corrected chi connectivity index (χ4v) is 3.75. The van der Waals surface area contributed by atoms with Gasteiger partial charge in [0.05, 0.1) is 17.6 Å². The first-order valence-electron chi connectivity index (χ1n) is 8.06. The lowest BCUT2D eigenvalue weighted by atomic mass is 10.1. The lowest BCUT2D eigenvalue weighted by Gasteiger charge is -2.23. The normalized spacial score (nSPS) is 18.5. The standard InChI is InChI=1S/C16H25N3O4S/c1-4-19-9-5-6-12(19)11-18-16(20)14-10-13(24(21,22)17-2)7-8-15(14)23-3/h7-8,10,12,17H,4-6,9,11H2,1-3H3,(H,18,20). The highest BCUT2D eigenvalue weighted by Gasteiger charge is 2.24. The average molecular weight is 355 g/mol. The summed E-state index contributed by atoms with van der Waals surface area (Å²) >= 11 is 0. The molecular formula is C16H25N3O4S. The number of likely N-dealkylation sites (N-methyl/N-ethyl adjacent to an activating group) is 1. The molecule has 1 aliphatic rings. The molecular weight excluding hydrogens is 330 g/mol. The number of amides is 1. The van der Waals surface area contributed by atoms with Gasteiger partial charge in [0.2, 0.25) is 10.0 Å². The molecule has 1 aromatic carbocycles. The van der Waals surface area contributed by atoms with Gasteiger partial charge in [-0.05, 0) is 51.2 Å². The molecule has 0 aromatic heterocycles. The van der Waals surface area contributed by atoms with E-state index in [4.69, 9.17) is 4.74 Å². The molecule has 24 heavy (non-hydrogen) atoms. The number of methoxy groups -OCH3 is 1. The largest absolute Gasteiger partial charge is 0.496 e. The minimum Gasteiger partial charge on any atom is -0.496 e. The number of hydrogen-bond donors (Lipinski definition) is 2. The van der Waals surface area contributed by atoms with Crippen LogP contribution in [0, 0.1) is 0 Å². The molecule has 1 heterocycles. The summed E-state index contributed by atoms with van der Waals surface area (Å²) in [6, 6.07) is 4.57. The third kappa shape index (κ3) is 4.06. The summed E-state index contributed by atoms with van der Waals surface area (Å²) in [5.41, 5.74) is 0.217. The summed E-state index contributed by atoms with van der Waals surface area (Å²) in [6.45, 7) is 4.66. The van der Waals surface area contributed by atoms with Gasteiger partial charge >= 0.3 is 0 Å². The quantitative estimate of drug-likeness (QED) is 0.756. The van der Waals surface area contributed by atoms with Crippen LogP contribution in [0.25, 0.3) is 0 Å². The Morgan fingerprint density at radius 1 is 1.42 bits per heavy atom. The van der Waals surface area contributed by atoms with Crippen LogP contribution in [0.2, 0.25) is 0 Å². The summed E-state index contributed by atoms with van der Waals surface area (Å²) in [7, 11) is -0.832. The number of benzene rings is 1. The van der Waals surface area contributed by atoms with E-state index in [0.29, 0.717) is 18.3 Å². The minimum absolute atomic E-state index is 0.0343. The number of likely N-dealkylation sites (tertiary alicyclic amines) is 1. The van der Waals surface area contributed by atoms with E-state index in [0.717, 1.165) is 25.9 Å². The van der Waals surface area contributed by atoms with Gasteiger partial charge in [0.15, 0.2) is 0 Å². The van der Waals surface area contributed by atoms with Crippen molar-refractivity contribution in [1.29, 1.82) is 0 Å². The highest BCUT2D eigenvalue weighted by molar-refractivity contribution is 7.89. The molecule has 1 amide bonds. The molecule has 7 nitrogen and oxygen atoms in total. The molecule has 1 aliphatic heterocycles. The maximum absolute atomic E-state index is 12.5. The monoisotopic (exact) mass is 355 g/mol. The van der Waals surface area contributed by atoms with Crippen LogP contribution < -0.4 is 14.8 Å². The summed E-state index contributed by atoms with van der Waals surface area (Å²) in [5.74, 6) is 0.0179. The van der Waals surface area contributed by atoms with Crippen molar-refractivity contribution >= 4 is 15.9 Å². The van der Waals surface area contributed by atoms with Crippen LogP contribution in [0.3, 0.4) is 0 Å². The fourth-order valence-electron chi connectivity index (χ4n) is 3.00. The summed E-state index contributed by atoms with van der Waals surface area (Å²) in [5, 5.41) is 2.90. The molecule has 1 saturated heterocycles. The zero-order valence-electron chi connectivity index (χ0n) is 14.3. The third-order valence-electron chi connectivity index (χ3n) is 4.40. The smallest absolute Gasteiger partial charge is 0.255 e. The molecule has 134 valence electrons. The van der Waals surface area contributed by atoms with E-state index in [-0.39, 0.29) is 16.4 Å². The van der Waals surface area contributed by atoms with E-state index in [1.165, 1.54) is 32.4 Å². The second kappa shape index (κ2) is 7.96. The Balaban J connectivity index is 2.17. The highest BCUT2D eigenvalue weighted by Crippen LogP contribution is 2.23. The van der Waals surface area contributed by atoms with E-state index >= 15 is 0 Å². The molecule has 1 aromatic rings. The Bertz CT molecular complexity index is 691. The fraction of sp³-hybridized carbons (Fsp3) is 0.562. The van der Waals surface area contributed by atoms with E-state index < -0.39 is 10.0 Å². The number of ether oxygens (including phenoxy) is 1. The number of nitrogens with zero attached hydrogens (tertiary/aromatic N) is 1. The SMILES string of the molecule is CCN1CCCC1CNC(=O)c1cc(S(=O)(=O)NC)ccc1OC. The van der Waals surface area contributed by atoms with Gasteiger partial charge in [-0.15, -0.1) is 0 Å². The molecule has 0 saturated carbocycles. The van der Waals surface area contributed by atoms with Gasteiger partial charge in [0, 0.05) is 12.6 Å². The first-order valence-corrected chi connectivity index (χ1v) is 9.55. The lowest BCUT2D eigenvalue weighted by Crippen LogP contribution is -2.40. The first-order chi connectivity index (χ1) is 11.4. The molecule has 2 rings (SSSR count). The van der Waals surface area contributed by atoms with Gasteiger partial charge < -0.3 is 10.1 Å². The Hall–Kier alpha value is -1.64. The zero-order valence-corrected chi connectivity index (χ0v) is 15.1. The van der Waals surface area contributed by atoms with Crippen LogP contribution in [0.5, 0.6) is 5.75 Å². The topological polar surface area (TPSA) is 87.7 Å². The average Bonchev–Trinajstić information content (AvgIpc) is 3.06. The molecule has 0 spiro atoms. The summed E-state index contributed by atoms with van der Waals surface area (Å²) in [6.07, 6.45) is 2.19. The van der Waals surface area contributed by atoms with Crippen LogP contribution in [-0.4, -0.2) is 59.1 Å². The Labute approximate surface area is 143 Å². The second-order valence-corrected chi connectivity index (χ2v) is 7.59. The van der Waals surface area contributed by atoms with Gasteiger partial charge in [0.25, 0.3) is 5.91 Å². The lowest BCUT2D eigenvalue weighted by molar-refractivity contribution is 0.0938. The number of sulfonamides is 1. The van der Waals surface area contributed by atoms with Crippen LogP contribution in [0.15, 0.2) is 23.1 Å². The molecule has 0 radical (unpaired) electrons.